The SMILES string of the molecule is Cc1cc(N2CCCC3(CCCN(Cc4ccccc4)C3)C2)cc([N+](=O)[O-])c1N. The van der Waals surface area contributed by atoms with Crippen molar-refractivity contribution in [2.24, 2.45) is 5.41 Å². The van der Waals surface area contributed by atoms with Crippen LogP contribution in [0, 0.1) is 22.5 Å². The largest absolute Gasteiger partial charge is 0.393 e. The minimum Gasteiger partial charge on any atom is -0.393 e. The van der Waals surface area contributed by atoms with Gasteiger partial charge in [0.05, 0.1) is 4.92 Å². The van der Waals surface area contributed by atoms with E-state index in [1.165, 1.54) is 24.8 Å². The van der Waals surface area contributed by atoms with Crippen LogP contribution >= 0.6 is 0 Å². The van der Waals surface area contributed by atoms with Crippen LogP contribution in [0.4, 0.5) is 17.1 Å². The topological polar surface area (TPSA) is 75.6 Å². The predicted molar refractivity (Wildman–Crippen MR) is 117 cm³/mol. The maximum absolute atomic E-state index is 11.4. The fourth-order valence-corrected chi connectivity index (χ4v) is 5.14. The van der Waals surface area contributed by atoms with Gasteiger partial charge in [0, 0.05) is 43.3 Å². The first-order chi connectivity index (χ1) is 14.0. The van der Waals surface area contributed by atoms with Gasteiger partial charge in [-0.3, -0.25) is 15.0 Å². The third kappa shape index (κ3) is 4.22. The van der Waals surface area contributed by atoms with Crippen LogP contribution in [0.25, 0.3) is 0 Å². The standard InChI is InChI=1S/C23H30N4O2/c1-18-13-20(14-21(22(18)24)27(28)29)26-12-6-10-23(17-26)9-5-11-25(16-23)15-19-7-3-2-4-8-19/h2-4,7-8,13-14H,5-6,9-12,15-17,24H2,1H3. The number of rotatable bonds is 4. The van der Waals surface area contributed by atoms with Gasteiger partial charge >= 0.3 is 0 Å². The number of anilines is 2. The van der Waals surface area contributed by atoms with Gasteiger partial charge in [0.15, 0.2) is 0 Å². The molecule has 0 aromatic heterocycles. The number of piperidine rings is 2. The van der Waals surface area contributed by atoms with Crippen molar-refractivity contribution in [2.45, 2.75) is 39.2 Å². The van der Waals surface area contributed by atoms with E-state index in [0.717, 1.165) is 50.4 Å². The van der Waals surface area contributed by atoms with Crippen molar-refractivity contribution >= 4 is 17.1 Å². The van der Waals surface area contributed by atoms with Crippen LogP contribution in [0.15, 0.2) is 42.5 Å². The highest BCUT2D eigenvalue weighted by Crippen LogP contribution is 2.41. The molecule has 0 aliphatic carbocycles. The number of aryl methyl sites for hydroxylation is 1. The molecular formula is C23H30N4O2. The normalized spacial score (nSPS) is 22.7. The molecule has 29 heavy (non-hydrogen) atoms. The lowest BCUT2D eigenvalue weighted by molar-refractivity contribution is -0.383. The molecule has 0 amide bonds. The summed E-state index contributed by atoms with van der Waals surface area (Å²) in [6.45, 7) is 6.99. The number of benzene rings is 2. The van der Waals surface area contributed by atoms with Crippen LogP contribution < -0.4 is 10.6 Å². The lowest BCUT2D eigenvalue weighted by Crippen LogP contribution is -2.52. The fraction of sp³-hybridized carbons (Fsp3) is 0.478. The van der Waals surface area contributed by atoms with Crippen LogP contribution in [0.5, 0.6) is 0 Å². The van der Waals surface area contributed by atoms with Gasteiger partial charge in [0.25, 0.3) is 5.69 Å². The van der Waals surface area contributed by atoms with E-state index < -0.39 is 0 Å². The molecule has 2 aromatic rings. The highest BCUT2D eigenvalue weighted by molar-refractivity contribution is 5.70. The predicted octanol–water partition coefficient (Wildman–Crippen LogP) is 4.37. The van der Waals surface area contributed by atoms with Gasteiger partial charge < -0.3 is 10.6 Å². The lowest BCUT2D eigenvalue weighted by Gasteiger charge is -2.49. The van der Waals surface area contributed by atoms with E-state index in [1.54, 1.807) is 6.07 Å². The molecule has 0 saturated carbocycles. The molecule has 2 fully saturated rings. The Hall–Kier alpha value is -2.60. The second-order valence-corrected chi connectivity index (χ2v) is 8.78. The molecule has 6 heteroatoms. The van der Waals surface area contributed by atoms with Crippen molar-refractivity contribution < 1.29 is 4.92 Å². The van der Waals surface area contributed by atoms with Crippen LogP contribution in [-0.4, -0.2) is 36.0 Å². The Morgan fingerprint density at radius 3 is 2.55 bits per heavy atom. The molecule has 6 nitrogen and oxygen atoms in total. The summed E-state index contributed by atoms with van der Waals surface area (Å²) >= 11 is 0. The average molecular weight is 395 g/mol. The molecule has 0 radical (unpaired) electrons. The summed E-state index contributed by atoms with van der Waals surface area (Å²) in [6.07, 6.45) is 4.79. The van der Waals surface area contributed by atoms with Gasteiger partial charge in [-0.1, -0.05) is 30.3 Å². The number of hydrogen-bond acceptors (Lipinski definition) is 5. The zero-order valence-electron chi connectivity index (χ0n) is 17.1. The molecule has 0 bridgehead atoms. The second-order valence-electron chi connectivity index (χ2n) is 8.78. The Labute approximate surface area is 172 Å². The molecule has 2 heterocycles. The number of nitro benzene ring substituents is 1. The average Bonchev–Trinajstić information content (AvgIpc) is 2.70. The zero-order valence-corrected chi connectivity index (χ0v) is 17.1. The van der Waals surface area contributed by atoms with E-state index in [4.69, 9.17) is 5.73 Å². The third-order valence-corrected chi connectivity index (χ3v) is 6.56. The third-order valence-electron chi connectivity index (χ3n) is 6.56. The second kappa shape index (κ2) is 8.03. The zero-order chi connectivity index (χ0) is 20.4. The van der Waals surface area contributed by atoms with Crippen LogP contribution in [0.1, 0.15) is 36.8 Å². The summed E-state index contributed by atoms with van der Waals surface area (Å²) < 4.78 is 0. The van der Waals surface area contributed by atoms with Gasteiger partial charge in [0.2, 0.25) is 0 Å². The Morgan fingerprint density at radius 2 is 1.83 bits per heavy atom. The van der Waals surface area contributed by atoms with Crippen molar-refractivity contribution in [1.82, 2.24) is 4.90 Å². The summed E-state index contributed by atoms with van der Waals surface area (Å²) in [7, 11) is 0. The van der Waals surface area contributed by atoms with Crippen molar-refractivity contribution in [1.29, 1.82) is 0 Å². The van der Waals surface area contributed by atoms with Crippen LogP contribution in [0.2, 0.25) is 0 Å². The summed E-state index contributed by atoms with van der Waals surface area (Å²) in [5.41, 5.74) is 9.58. The summed E-state index contributed by atoms with van der Waals surface area (Å²) in [5, 5.41) is 11.4. The molecular weight excluding hydrogens is 364 g/mol. The van der Waals surface area contributed by atoms with Crippen LogP contribution in [-0.2, 0) is 6.54 Å². The first kappa shape index (κ1) is 19.7. The molecule has 2 aliphatic rings. The smallest absolute Gasteiger partial charge is 0.294 e. The quantitative estimate of drug-likeness (QED) is 0.473. The van der Waals surface area contributed by atoms with Crippen molar-refractivity contribution in [3.05, 3.63) is 63.7 Å². The maximum atomic E-state index is 11.4. The molecule has 1 unspecified atom stereocenters. The maximum Gasteiger partial charge on any atom is 0.294 e. The van der Waals surface area contributed by atoms with Crippen molar-refractivity contribution in [2.75, 3.05) is 36.8 Å². The molecule has 154 valence electrons. The van der Waals surface area contributed by atoms with E-state index in [1.807, 2.05) is 13.0 Å². The minimum atomic E-state index is -0.367. The number of nitrogens with two attached hydrogens (primary N) is 1. The fourth-order valence-electron chi connectivity index (χ4n) is 5.14. The number of hydrogen-bond donors (Lipinski definition) is 1. The summed E-state index contributed by atoms with van der Waals surface area (Å²) in [6, 6.07) is 14.3. The molecule has 1 spiro atoms. The monoisotopic (exact) mass is 394 g/mol. The minimum absolute atomic E-state index is 0.0222. The van der Waals surface area contributed by atoms with E-state index in [0.29, 0.717) is 0 Å². The van der Waals surface area contributed by atoms with E-state index in [-0.39, 0.29) is 21.7 Å². The molecule has 1 atom stereocenters. The number of likely N-dealkylation sites (tertiary alicyclic amines) is 1. The molecule has 2 aliphatic heterocycles. The summed E-state index contributed by atoms with van der Waals surface area (Å²) in [5.74, 6) is 0. The molecule has 2 saturated heterocycles. The number of nitrogen functional groups attached to an aromatic ring is 1. The van der Waals surface area contributed by atoms with E-state index >= 15 is 0 Å². The van der Waals surface area contributed by atoms with Gasteiger partial charge in [-0.05, 0) is 56.3 Å². The lowest BCUT2D eigenvalue weighted by atomic mass is 9.73. The van der Waals surface area contributed by atoms with Gasteiger partial charge in [-0.2, -0.15) is 0 Å². The van der Waals surface area contributed by atoms with Crippen molar-refractivity contribution in [3.8, 4) is 0 Å². The highest BCUT2D eigenvalue weighted by Gasteiger charge is 2.39. The van der Waals surface area contributed by atoms with E-state index in [9.17, 15) is 10.1 Å². The molecule has 4 rings (SSSR count). The van der Waals surface area contributed by atoms with Crippen molar-refractivity contribution in [3.63, 3.8) is 0 Å². The van der Waals surface area contributed by atoms with Gasteiger partial charge in [-0.15, -0.1) is 0 Å². The number of nitro groups is 1. The number of nitrogens with zero attached hydrogens (tertiary/aromatic N) is 3. The van der Waals surface area contributed by atoms with Gasteiger partial charge in [-0.25, -0.2) is 0 Å². The molecule has 2 N–H and O–H groups in total. The van der Waals surface area contributed by atoms with Gasteiger partial charge in [0.1, 0.15) is 5.69 Å². The summed E-state index contributed by atoms with van der Waals surface area (Å²) in [4.78, 5) is 16.0. The Morgan fingerprint density at radius 1 is 1.10 bits per heavy atom. The first-order valence-corrected chi connectivity index (χ1v) is 10.5. The highest BCUT2D eigenvalue weighted by atomic mass is 16.6. The molecule has 2 aromatic carbocycles. The Balaban J connectivity index is 1.52. The Kier molecular flexibility index (Phi) is 5.46. The van der Waals surface area contributed by atoms with Crippen LogP contribution in [0.3, 0.4) is 0 Å². The van der Waals surface area contributed by atoms with E-state index in [2.05, 4.69) is 40.1 Å². The first-order valence-electron chi connectivity index (χ1n) is 10.5. The Bertz CT molecular complexity index is 882.